The highest BCUT2D eigenvalue weighted by Crippen LogP contribution is 2.19. The Balaban J connectivity index is 2.09. The molecule has 0 amide bonds. The van der Waals surface area contributed by atoms with Gasteiger partial charge >= 0.3 is 11.9 Å². The van der Waals surface area contributed by atoms with Gasteiger partial charge in [-0.15, -0.1) is 0 Å². The van der Waals surface area contributed by atoms with Crippen molar-refractivity contribution in [3.8, 4) is 11.1 Å². The molecule has 3 N–H and O–H groups in total. The van der Waals surface area contributed by atoms with Gasteiger partial charge in [-0.05, 0) is 47.6 Å². The molecule has 2 unspecified atom stereocenters. The molecule has 138 valence electrons. The van der Waals surface area contributed by atoms with E-state index in [-0.39, 0.29) is 12.3 Å². The normalized spacial score (nSPS) is 13.3. The van der Waals surface area contributed by atoms with Gasteiger partial charge in [0.1, 0.15) is 12.1 Å². The van der Waals surface area contributed by atoms with Gasteiger partial charge in [-0.3, -0.25) is 19.9 Å². The van der Waals surface area contributed by atoms with Crippen LogP contribution >= 0.6 is 0 Å². The highest BCUT2D eigenvalue weighted by atomic mass is 16.4. The molecule has 0 radical (unpaired) electrons. The van der Waals surface area contributed by atoms with E-state index >= 15 is 0 Å². The Kier molecular flexibility index (Phi) is 6.86. The number of carbonyl (C=O) groups is 2. The van der Waals surface area contributed by atoms with Crippen molar-refractivity contribution in [3.05, 3.63) is 54.4 Å². The third kappa shape index (κ3) is 5.67. The van der Waals surface area contributed by atoms with E-state index in [9.17, 15) is 19.8 Å². The molecule has 0 aliphatic carbocycles. The maximum Gasteiger partial charge on any atom is 0.321 e. The SMILES string of the molecule is CC(C)CC(NC(Cc1ccc(-c2ccncc2)cc1)C(=O)O)C(=O)O. The molecule has 0 aliphatic heterocycles. The second-order valence-corrected chi connectivity index (χ2v) is 6.71. The molecule has 26 heavy (non-hydrogen) atoms. The second-order valence-electron chi connectivity index (χ2n) is 6.71. The van der Waals surface area contributed by atoms with E-state index in [0.717, 1.165) is 16.7 Å². The fraction of sp³-hybridized carbons (Fsp3) is 0.350. The van der Waals surface area contributed by atoms with Gasteiger partial charge < -0.3 is 10.2 Å². The summed E-state index contributed by atoms with van der Waals surface area (Å²) >= 11 is 0. The van der Waals surface area contributed by atoms with Gasteiger partial charge in [0, 0.05) is 12.4 Å². The number of aliphatic carboxylic acids is 2. The van der Waals surface area contributed by atoms with Gasteiger partial charge in [0.15, 0.2) is 0 Å². The number of carboxylic acids is 2. The van der Waals surface area contributed by atoms with Crippen molar-refractivity contribution in [1.29, 1.82) is 0 Å². The number of nitrogens with zero attached hydrogens (tertiary/aromatic N) is 1. The Morgan fingerprint density at radius 3 is 1.96 bits per heavy atom. The highest BCUT2D eigenvalue weighted by molar-refractivity contribution is 5.77. The third-order valence-electron chi connectivity index (χ3n) is 4.11. The van der Waals surface area contributed by atoms with E-state index in [1.165, 1.54) is 0 Å². The average molecular weight is 356 g/mol. The van der Waals surface area contributed by atoms with Gasteiger partial charge in [0.05, 0.1) is 0 Å². The van der Waals surface area contributed by atoms with Gasteiger partial charge in [-0.25, -0.2) is 0 Å². The predicted octanol–water partition coefficient (Wildman–Crippen LogP) is 2.83. The Morgan fingerprint density at radius 2 is 1.46 bits per heavy atom. The smallest absolute Gasteiger partial charge is 0.321 e. The Labute approximate surface area is 152 Å². The summed E-state index contributed by atoms with van der Waals surface area (Å²) in [6, 6.07) is 9.55. The molecule has 0 bridgehead atoms. The zero-order chi connectivity index (χ0) is 19.1. The molecule has 2 rings (SSSR count). The van der Waals surface area contributed by atoms with Crippen LogP contribution in [0.25, 0.3) is 11.1 Å². The fourth-order valence-corrected chi connectivity index (χ4v) is 2.79. The van der Waals surface area contributed by atoms with E-state index in [4.69, 9.17) is 0 Å². The highest BCUT2D eigenvalue weighted by Gasteiger charge is 2.26. The maximum absolute atomic E-state index is 11.6. The molecule has 0 spiro atoms. The minimum Gasteiger partial charge on any atom is -0.480 e. The lowest BCUT2D eigenvalue weighted by Crippen LogP contribution is -2.48. The first-order chi connectivity index (χ1) is 12.4. The minimum atomic E-state index is -1.06. The van der Waals surface area contributed by atoms with E-state index in [0.29, 0.717) is 6.42 Å². The van der Waals surface area contributed by atoms with Crippen LogP contribution in [-0.4, -0.2) is 39.2 Å². The van der Waals surface area contributed by atoms with Crippen molar-refractivity contribution in [2.45, 2.75) is 38.8 Å². The summed E-state index contributed by atoms with van der Waals surface area (Å²) in [4.78, 5) is 26.9. The molecule has 0 saturated heterocycles. The summed E-state index contributed by atoms with van der Waals surface area (Å²) in [5.41, 5.74) is 2.87. The zero-order valence-corrected chi connectivity index (χ0v) is 14.9. The Morgan fingerprint density at radius 1 is 0.923 bits per heavy atom. The number of rotatable bonds is 9. The van der Waals surface area contributed by atoms with E-state index in [2.05, 4.69) is 10.3 Å². The van der Waals surface area contributed by atoms with Crippen LogP contribution in [0, 0.1) is 5.92 Å². The van der Waals surface area contributed by atoms with Crippen molar-refractivity contribution in [1.82, 2.24) is 10.3 Å². The van der Waals surface area contributed by atoms with Crippen molar-refractivity contribution in [3.63, 3.8) is 0 Å². The lowest BCUT2D eigenvalue weighted by Gasteiger charge is -2.22. The monoisotopic (exact) mass is 356 g/mol. The molecule has 1 heterocycles. The summed E-state index contributed by atoms with van der Waals surface area (Å²) in [6.07, 6.45) is 4.02. The fourth-order valence-electron chi connectivity index (χ4n) is 2.79. The molecule has 2 aromatic rings. The van der Waals surface area contributed by atoms with Crippen LogP contribution < -0.4 is 5.32 Å². The van der Waals surface area contributed by atoms with Crippen LogP contribution in [0.5, 0.6) is 0 Å². The minimum absolute atomic E-state index is 0.151. The number of carboxylic acid groups (broad SMARTS) is 2. The second kappa shape index (κ2) is 9.10. The summed E-state index contributed by atoms with van der Waals surface area (Å²) in [7, 11) is 0. The van der Waals surface area contributed by atoms with Crippen LogP contribution in [0.15, 0.2) is 48.8 Å². The molecule has 0 aliphatic rings. The number of hydrogen-bond acceptors (Lipinski definition) is 4. The Hall–Kier alpha value is -2.73. The molecule has 2 atom stereocenters. The van der Waals surface area contributed by atoms with Crippen LogP contribution in [0.4, 0.5) is 0 Å². The van der Waals surface area contributed by atoms with Crippen LogP contribution in [-0.2, 0) is 16.0 Å². The molecular weight excluding hydrogens is 332 g/mol. The largest absolute Gasteiger partial charge is 0.480 e. The topological polar surface area (TPSA) is 99.5 Å². The number of benzene rings is 1. The number of nitrogens with one attached hydrogen (secondary N) is 1. The van der Waals surface area contributed by atoms with Crippen LogP contribution in [0.3, 0.4) is 0 Å². The van der Waals surface area contributed by atoms with E-state index in [1.54, 1.807) is 12.4 Å². The summed E-state index contributed by atoms with van der Waals surface area (Å²) in [5.74, 6) is -1.94. The lowest BCUT2D eigenvalue weighted by molar-refractivity contribution is -0.142. The average Bonchev–Trinajstić information content (AvgIpc) is 2.61. The predicted molar refractivity (Wildman–Crippen MR) is 98.8 cm³/mol. The first-order valence-corrected chi connectivity index (χ1v) is 8.57. The van der Waals surface area contributed by atoms with Gasteiger partial charge in [-0.2, -0.15) is 0 Å². The molecule has 0 saturated carbocycles. The van der Waals surface area contributed by atoms with E-state index < -0.39 is 24.0 Å². The quantitative estimate of drug-likeness (QED) is 0.639. The Bertz CT molecular complexity index is 729. The molecule has 0 fully saturated rings. The molecule has 6 nitrogen and oxygen atoms in total. The van der Waals surface area contributed by atoms with Crippen molar-refractivity contribution in [2.24, 2.45) is 5.92 Å². The van der Waals surface area contributed by atoms with Gasteiger partial charge in [0.2, 0.25) is 0 Å². The van der Waals surface area contributed by atoms with Crippen LogP contribution in [0.1, 0.15) is 25.8 Å². The molecular formula is C20H24N2O4. The van der Waals surface area contributed by atoms with Crippen LogP contribution in [0.2, 0.25) is 0 Å². The summed E-state index contributed by atoms with van der Waals surface area (Å²) < 4.78 is 0. The maximum atomic E-state index is 11.6. The number of hydrogen-bond donors (Lipinski definition) is 3. The zero-order valence-electron chi connectivity index (χ0n) is 14.9. The van der Waals surface area contributed by atoms with Gasteiger partial charge in [0.25, 0.3) is 0 Å². The summed E-state index contributed by atoms with van der Waals surface area (Å²) in [6.45, 7) is 3.82. The third-order valence-corrected chi connectivity index (χ3v) is 4.11. The standard InChI is InChI=1S/C20H24N2O4/c1-13(2)11-17(19(23)24)22-18(20(25)26)12-14-3-5-15(6-4-14)16-7-9-21-10-8-16/h3-10,13,17-18,22H,11-12H2,1-2H3,(H,23,24)(H,25,26). The van der Waals surface area contributed by atoms with E-state index in [1.807, 2.05) is 50.2 Å². The molecule has 1 aromatic heterocycles. The summed E-state index contributed by atoms with van der Waals surface area (Å²) in [5, 5.41) is 21.6. The number of aromatic nitrogens is 1. The van der Waals surface area contributed by atoms with Crippen molar-refractivity contribution >= 4 is 11.9 Å². The van der Waals surface area contributed by atoms with Crippen molar-refractivity contribution in [2.75, 3.05) is 0 Å². The first kappa shape index (κ1) is 19.6. The molecule has 1 aromatic carbocycles. The van der Waals surface area contributed by atoms with Crippen molar-refractivity contribution < 1.29 is 19.8 Å². The molecule has 6 heteroatoms. The lowest BCUT2D eigenvalue weighted by atomic mass is 9.99. The first-order valence-electron chi connectivity index (χ1n) is 8.57. The number of pyridine rings is 1. The van der Waals surface area contributed by atoms with Gasteiger partial charge in [-0.1, -0.05) is 38.1 Å².